The number of carboxylic acids is 3. The summed E-state index contributed by atoms with van der Waals surface area (Å²) in [6.07, 6.45) is -2.29. The van der Waals surface area contributed by atoms with E-state index in [0.717, 1.165) is 0 Å². The van der Waals surface area contributed by atoms with E-state index >= 15 is 0 Å². The molecule has 0 saturated carbocycles. The molecule has 0 aromatic rings. The fourth-order valence-corrected chi connectivity index (χ4v) is 0.714. The Morgan fingerprint density at radius 2 is 1.21 bits per heavy atom. The van der Waals surface area contributed by atoms with Crippen LogP contribution in [0, 0.1) is 0 Å². The van der Waals surface area contributed by atoms with E-state index in [-0.39, 0.29) is 58.2 Å². The third-order valence-corrected chi connectivity index (χ3v) is 1.29. The SMILES string of the molecule is O=C(O)CC(O)(CC(=O)O)C(=O)O.[Rb]. The molecular weight excluding hydrogens is 270 g/mol. The van der Waals surface area contributed by atoms with Gasteiger partial charge in [0.1, 0.15) is 0 Å². The normalized spacial score (nSPS) is 10.1. The van der Waals surface area contributed by atoms with E-state index in [2.05, 4.69) is 0 Å². The second-order valence-corrected chi connectivity index (χ2v) is 2.48. The molecule has 0 aliphatic heterocycles. The summed E-state index contributed by atoms with van der Waals surface area (Å²) in [5, 5.41) is 33.8. The Bertz CT molecular complexity index is 233. The molecule has 8 heteroatoms. The third kappa shape index (κ3) is 5.81. The van der Waals surface area contributed by atoms with Gasteiger partial charge >= 0.3 is 17.9 Å². The van der Waals surface area contributed by atoms with E-state index in [9.17, 15) is 14.4 Å². The van der Waals surface area contributed by atoms with E-state index in [1.54, 1.807) is 0 Å². The maximum Gasteiger partial charge on any atom is 0.336 e. The Hall–Kier alpha value is 0.175. The van der Waals surface area contributed by atoms with Crippen LogP contribution in [0.25, 0.3) is 0 Å². The average molecular weight is 278 g/mol. The zero-order valence-electron chi connectivity index (χ0n) is 7.43. The Balaban J connectivity index is 0. The molecule has 0 saturated heterocycles. The van der Waals surface area contributed by atoms with E-state index in [0.29, 0.717) is 0 Å². The van der Waals surface area contributed by atoms with Crippen molar-refractivity contribution in [1.82, 2.24) is 0 Å². The monoisotopic (exact) mass is 277 g/mol. The molecule has 4 N–H and O–H groups in total. The molecule has 0 fully saturated rings. The summed E-state index contributed by atoms with van der Waals surface area (Å²) < 4.78 is 0. The first-order chi connectivity index (χ1) is 5.78. The van der Waals surface area contributed by atoms with Crippen molar-refractivity contribution in [2.24, 2.45) is 0 Å². The topological polar surface area (TPSA) is 132 Å². The van der Waals surface area contributed by atoms with Gasteiger partial charge in [-0.1, -0.05) is 0 Å². The van der Waals surface area contributed by atoms with Crippen LogP contribution in [0.4, 0.5) is 0 Å². The van der Waals surface area contributed by atoms with Gasteiger partial charge in [0.05, 0.1) is 12.8 Å². The molecule has 1 radical (unpaired) electrons. The summed E-state index contributed by atoms with van der Waals surface area (Å²) in [7, 11) is 0. The average Bonchev–Trinajstić information content (AvgIpc) is 1.82. The van der Waals surface area contributed by atoms with Crippen LogP contribution in [0.5, 0.6) is 0 Å². The molecule has 0 heterocycles. The van der Waals surface area contributed by atoms with Gasteiger partial charge in [0.15, 0.2) is 5.60 Å². The quantitative estimate of drug-likeness (QED) is 0.474. The third-order valence-electron chi connectivity index (χ3n) is 1.29. The van der Waals surface area contributed by atoms with Crippen molar-refractivity contribution < 1.29 is 34.8 Å². The molecule has 7 nitrogen and oxygen atoms in total. The number of carboxylic acid groups (broad SMARTS) is 3. The molecule has 0 aliphatic rings. The molecule has 0 spiro atoms. The molecule has 0 aromatic heterocycles. The van der Waals surface area contributed by atoms with Crippen LogP contribution in [0.15, 0.2) is 0 Å². The molecule has 0 amide bonds. The number of aliphatic hydroxyl groups is 1. The fourth-order valence-electron chi connectivity index (χ4n) is 0.714. The maximum absolute atomic E-state index is 10.3. The largest absolute Gasteiger partial charge is 0.481 e. The van der Waals surface area contributed by atoms with Crippen LogP contribution in [0.3, 0.4) is 0 Å². The minimum absolute atomic E-state index is 0. The molecule has 0 bridgehead atoms. The summed E-state index contributed by atoms with van der Waals surface area (Å²) in [4.78, 5) is 30.5. The predicted molar refractivity (Wildman–Crippen MR) is 42.8 cm³/mol. The summed E-state index contributed by atoms with van der Waals surface area (Å²) in [5.74, 6) is -5.02. The molecular formula is C6H8O7Rb. The molecule has 0 unspecified atom stereocenters. The van der Waals surface area contributed by atoms with Crippen molar-refractivity contribution in [3.05, 3.63) is 0 Å². The van der Waals surface area contributed by atoms with E-state index < -0.39 is 36.4 Å². The molecule has 75 valence electrons. The summed E-state index contributed by atoms with van der Waals surface area (Å²) in [6, 6.07) is 0. The van der Waals surface area contributed by atoms with Crippen molar-refractivity contribution in [1.29, 1.82) is 0 Å². The fraction of sp³-hybridized carbons (Fsp3) is 0.500. The smallest absolute Gasteiger partial charge is 0.336 e. The Morgan fingerprint density at radius 3 is 1.36 bits per heavy atom. The van der Waals surface area contributed by atoms with Gasteiger partial charge in [-0.3, -0.25) is 9.59 Å². The first-order valence-corrected chi connectivity index (χ1v) is 3.17. The van der Waals surface area contributed by atoms with Gasteiger partial charge in [-0.2, -0.15) is 0 Å². The summed E-state index contributed by atoms with van der Waals surface area (Å²) in [5.41, 5.74) is -2.74. The number of rotatable bonds is 5. The van der Waals surface area contributed by atoms with Gasteiger partial charge in [-0.25, -0.2) is 4.79 Å². The first-order valence-electron chi connectivity index (χ1n) is 3.17. The number of hydrogen-bond donors (Lipinski definition) is 4. The van der Waals surface area contributed by atoms with Gasteiger partial charge in [-0.15, -0.1) is 0 Å². The first kappa shape index (κ1) is 16.6. The van der Waals surface area contributed by atoms with Crippen molar-refractivity contribution in [3.63, 3.8) is 0 Å². The van der Waals surface area contributed by atoms with Gasteiger partial charge in [-0.05, 0) is 0 Å². The van der Waals surface area contributed by atoms with Crippen LogP contribution in [0.2, 0.25) is 0 Å². The second kappa shape index (κ2) is 6.62. The van der Waals surface area contributed by atoms with Crippen LogP contribution in [-0.2, 0) is 14.4 Å². The summed E-state index contributed by atoms with van der Waals surface area (Å²) in [6.45, 7) is 0. The molecule has 0 aliphatic carbocycles. The van der Waals surface area contributed by atoms with Gasteiger partial charge < -0.3 is 20.4 Å². The number of carbonyl (C=O) groups is 3. The van der Waals surface area contributed by atoms with E-state index in [1.807, 2.05) is 0 Å². The van der Waals surface area contributed by atoms with Crippen LogP contribution in [-0.4, -0.2) is 102 Å². The van der Waals surface area contributed by atoms with Crippen LogP contribution >= 0.6 is 0 Å². The molecule has 0 rings (SSSR count). The zero-order chi connectivity index (χ0) is 10.6. The van der Waals surface area contributed by atoms with Crippen molar-refractivity contribution in [2.75, 3.05) is 0 Å². The summed E-state index contributed by atoms with van der Waals surface area (Å²) >= 11 is 0. The van der Waals surface area contributed by atoms with Crippen molar-refractivity contribution in [2.45, 2.75) is 18.4 Å². The van der Waals surface area contributed by atoms with E-state index in [4.69, 9.17) is 20.4 Å². The number of aliphatic carboxylic acids is 3. The maximum atomic E-state index is 10.3. The minimum atomic E-state index is -2.74. The Morgan fingerprint density at radius 1 is 0.929 bits per heavy atom. The zero-order valence-corrected chi connectivity index (χ0v) is 12.3. The second-order valence-electron chi connectivity index (χ2n) is 2.48. The molecule has 14 heavy (non-hydrogen) atoms. The molecule has 0 aromatic carbocycles. The Labute approximate surface area is 128 Å². The van der Waals surface area contributed by atoms with Gasteiger partial charge in [0.2, 0.25) is 0 Å². The van der Waals surface area contributed by atoms with Gasteiger partial charge in [0.25, 0.3) is 0 Å². The standard InChI is InChI=1S/C6H8O7.Rb/c7-3(8)1-6(13,5(11)12)2-4(9)10;/h13H,1-2H2,(H,7,8)(H,9,10)(H,11,12);. The van der Waals surface area contributed by atoms with Crippen molar-refractivity contribution >= 4 is 76.1 Å². The van der Waals surface area contributed by atoms with Gasteiger partial charge in [0, 0.05) is 58.2 Å². The van der Waals surface area contributed by atoms with Crippen LogP contribution in [0.1, 0.15) is 12.8 Å². The van der Waals surface area contributed by atoms with E-state index in [1.165, 1.54) is 0 Å². The predicted octanol–water partition coefficient (Wildman–Crippen LogP) is -1.63. The number of hydrogen-bond acceptors (Lipinski definition) is 4. The van der Waals surface area contributed by atoms with Crippen LogP contribution < -0.4 is 0 Å². The van der Waals surface area contributed by atoms with Crippen molar-refractivity contribution in [3.8, 4) is 0 Å². The Kier molecular flexibility index (Phi) is 7.85. The minimum Gasteiger partial charge on any atom is -0.481 e. The molecule has 0 atom stereocenters.